The van der Waals surface area contributed by atoms with E-state index in [1.807, 2.05) is 97.2 Å². The zero-order valence-electron chi connectivity index (χ0n) is 29.7. The number of hydrogen-bond acceptors (Lipinski definition) is 5. The molecule has 3 aromatic heterocycles. The molecule has 6 nitrogen and oxygen atoms in total. The Hall–Kier alpha value is -7.57. The monoisotopic (exact) mass is 704 g/mol. The summed E-state index contributed by atoms with van der Waals surface area (Å²) in [6.07, 6.45) is 1.81. The number of nitrogens with zero attached hydrogens (tertiary/aromatic N) is 6. The molecule has 55 heavy (non-hydrogen) atoms. The van der Waals surface area contributed by atoms with Crippen LogP contribution in [-0.2, 0) is 0 Å². The Kier molecular flexibility index (Phi) is 8.04. The molecule has 0 atom stereocenters. The number of rotatable bonds is 7. The standard InChI is InChI=1S/C49H32N6/c1-3-14-34(15-4-1)46-52-47(35-16-5-2-6-17-35)54-48(53-46)38-20-13-19-36(30-38)39-31-37-18-7-8-21-41(37)42(32-39)33-25-27-40(28-26-33)55-45-24-10-9-22-43(45)51-49(55)44-23-11-12-29-50-44/h1-32H. The Morgan fingerprint density at radius 3 is 1.73 bits per heavy atom. The molecule has 10 aromatic rings. The lowest BCUT2D eigenvalue weighted by Crippen LogP contribution is -2.00. The van der Waals surface area contributed by atoms with E-state index in [1.54, 1.807) is 0 Å². The van der Waals surface area contributed by atoms with E-state index in [-0.39, 0.29) is 0 Å². The molecule has 0 bridgehead atoms. The molecule has 0 radical (unpaired) electrons. The quantitative estimate of drug-likeness (QED) is 0.165. The topological polar surface area (TPSA) is 69.4 Å². The van der Waals surface area contributed by atoms with Crippen LogP contribution in [0.2, 0.25) is 0 Å². The molecule has 0 N–H and O–H groups in total. The predicted molar refractivity (Wildman–Crippen MR) is 222 cm³/mol. The maximum Gasteiger partial charge on any atom is 0.164 e. The fourth-order valence-electron chi connectivity index (χ4n) is 7.24. The van der Waals surface area contributed by atoms with Gasteiger partial charge in [0, 0.05) is 28.6 Å². The van der Waals surface area contributed by atoms with Gasteiger partial charge in [0.15, 0.2) is 23.3 Å². The molecule has 0 unspecified atom stereocenters. The van der Waals surface area contributed by atoms with Crippen LogP contribution in [0.4, 0.5) is 0 Å². The number of benzene rings is 7. The zero-order chi connectivity index (χ0) is 36.6. The summed E-state index contributed by atoms with van der Waals surface area (Å²) in [5, 5.41) is 2.36. The van der Waals surface area contributed by atoms with Gasteiger partial charge < -0.3 is 0 Å². The smallest absolute Gasteiger partial charge is 0.164 e. The average molecular weight is 705 g/mol. The minimum absolute atomic E-state index is 0.628. The van der Waals surface area contributed by atoms with Crippen molar-refractivity contribution in [2.45, 2.75) is 0 Å². The van der Waals surface area contributed by atoms with Gasteiger partial charge in [-0.05, 0) is 87.6 Å². The number of aromatic nitrogens is 6. The third-order valence-electron chi connectivity index (χ3n) is 9.91. The molecule has 0 fully saturated rings. The fraction of sp³-hybridized carbons (Fsp3) is 0. The first kappa shape index (κ1) is 32.1. The summed E-state index contributed by atoms with van der Waals surface area (Å²) in [6.45, 7) is 0. The predicted octanol–water partition coefficient (Wildman–Crippen LogP) is 11.8. The molecule has 258 valence electrons. The fourth-order valence-corrected chi connectivity index (χ4v) is 7.24. The van der Waals surface area contributed by atoms with Gasteiger partial charge in [-0.25, -0.2) is 19.9 Å². The van der Waals surface area contributed by atoms with Crippen molar-refractivity contribution in [2.75, 3.05) is 0 Å². The summed E-state index contributed by atoms with van der Waals surface area (Å²) in [7, 11) is 0. The van der Waals surface area contributed by atoms with Gasteiger partial charge in [-0.2, -0.15) is 0 Å². The molecule has 3 heterocycles. The first-order valence-corrected chi connectivity index (χ1v) is 18.3. The van der Waals surface area contributed by atoms with Gasteiger partial charge in [0.1, 0.15) is 5.69 Å². The van der Waals surface area contributed by atoms with Crippen LogP contribution in [0.15, 0.2) is 194 Å². The minimum Gasteiger partial charge on any atom is -0.291 e. The van der Waals surface area contributed by atoms with Crippen molar-refractivity contribution >= 4 is 21.8 Å². The van der Waals surface area contributed by atoms with Gasteiger partial charge in [0.05, 0.1) is 11.0 Å². The molecule has 0 aliphatic rings. The van der Waals surface area contributed by atoms with Crippen molar-refractivity contribution in [1.82, 2.24) is 29.5 Å². The van der Waals surface area contributed by atoms with E-state index in [2.05, 4.69) is 107 Å². The van der Waals surface area contributed by atoms with E-state index in [9.17, 15) is 0 Å². The first-order chi connectivity index (χ1) is 27.2. The van der Waals surface area contributed by atoms with E-state index >= 15 is 0 Å². The highest BCUT2D eigenvalue weighted by Crippen LogP contribution is 2.37. The molecule has 0 amide bonds. The lowest BCUT2D eigenvalue weighted by Gasteiger charge is -2.14. The van der Waals surface area contributed by atoms with Crippen molar-refractivity contribution in [2.24, 2.45) is 0 Å². The maximum atomic E-state index is 4.99. The third kappa shape index (κ3) is 6.11. The van der Waals surface area contributed by atoms with Crippen molar-refractivity contribution in [1.29, 1.82) is 0 Å². The molecule has 0 saturated heterocycles. The molecule has 0 aliphatic carbocycles. The van der Waals surface area contributed by atoms with E-state index in [0.717, 1.165) is 67.2 Å². The van der Waals surface area contributed by atoms with Crippen LogP contribution < -0.4 is 0 Å². The Balaban J connectivity index is 1.07. The number of imidazole rings is 1. The van der Waals surface area contributed by atoms with Crippen molar-refractivity contribution in [3.63, 3.8) is 0 Å². The molecule has 7 aromatic carbocycles. The SMILES string of the molecule is c1ccc(-c2nc(-c3ccccc3)nc(-c3cccc(-c4cc(-c5ccc(-n6c(-c7ccccn7)nc7ccccc76)cc5)c5ccccc5c4)c3)n2)cc1. The Labute approximate surface area is 318 Å². The van der Waals surface area contributed by atoms with Gasteiger partial charge >= 0.3 is 0 Å². The van der Waals surface area contributed by atoms with Gasteiger partial charge in [-0.3, -0.25) is 9.55 Å². The van der Waals surface area contributed by atoms with Crippen LogP contribution in [-0.4, -0.2) is 29.5 Å². The second kappa shape index (κ2) is 13.8. The van der Waals surface area contributed by atoms with Gasteiger partial charge in [-0.1, -0.05) is 133 Å². The Bertz CT molecular complexity index is 2900. The normalized spacial score (nSPS) is 11.3. The van der Waals surface area contributed by atoms with Crippen LogP contribution in [0.25, 0.3) is 95.4 Å². The highest BCUT2D eigenvalue weighted by atomic mass is 15.1. The van der Waals surface area contributed by atoms with Crippen LogP contribution in [0.5, 0.6) is 0 Å². The average Bonchev–Trinajstić information content (AvgIpc) is 3.67. The number of para-hydroxylation sites is 2. The molecule has 0 spiro atoms. The summed E-state index contributed by atoms with van der Waals surface area (Å²) in [5.41, 5.74) is 11.1. The largest absolute Gasteiger partial charge is 0.291 e. The van der Waals surface area contributed by atoms with Gasteiger partial charge in [0.2, 0.25) is 0 Å². The number of fused-ring (bicyclic) bond motifs is 2. The Morgan fingerprint density at radius 2 is 1.00 bits per heavy atom. The van der Waals surface area contributed by atoms with E-state index < -0.39 is 0 Å². The lowest BCUT2D eigenvalue weighted by molar-refractivity contribution is 1.07. The highest BCUT2D eigenvalue weighted by Gasteiger charge is 2.17. The van der Waals surface area contributed by atoms with Crippen LogP contribution in [0, 0.1) is 0 Å². The van der Waals surface area contributed by atoms with Crippen LogP contribution in [0.3, 0.4) is 0 Å². The Morgan fingerprint density at radius 1 is 0.382 bits per heavy atom. The van der Waals surface area contributed by atoms with Crippen molar-refractivity contribution in [3.05, 3.63) is 194 Å². The third-order valence-corrected chi connectivity index (χ3v) is 9.91. The molecule has 10 rings (SSSR count). The summed E-state index contributed by atoms with van der Waals surface area (Å²) < 4.78 is 2.19. The van der Waals surface area contributed by atoms with Gasteiger partial charge in [0.25, 0.3) is 0 Å². The first-order valence-electron chi connectivity index (χ1n) is 18.3. The molecule has 0 saturated carbocycles. The molecular formula is C49H32N6. The number of hydrogen-bond donors (Lipinski definition) is 0. The molecular weight excluding hydrogens is 673 g/mol. The second-order valence-corrected chi connectivity index (χ2v) is 13.4. The van der Waals surface area contributed by atoms with Crippen LogP contribution >= 0.6 is 0 Å². The maximum absolute atomic E-state index is 4.99. The van der Waals surface area contributed by atoms with Crippen molar-refractivity contribution in [3.8, 4) is 73.6 Å². The highest BCUT2D eigenvalue weighted by molar-refractivity contribution is 6.00. The number of pyridine rings is 1. The summed E-state index contributed by atoms with van der Waals surface area (Å²) in [5.74, 6) is 2.72. The summed E-state index contributed by atoms with van der Waals surface area (Å²) in [4.78, 5) is 24.5. The second-order valence-electron chi connectivity index (χ2n) is 13.4. The zero-order valence-corrected chi connectivity index (χ0v) is 29.7. The molecule has 0 aliphatic heterocycles. The van der Waals surface area contributed by atoms with E-state index in [1.165, 1.54) is 10.8 Å². The minimum atomic E-state index is 0.628. The summed E-state index contributed by atoms with van der Waals surface area (Å²) >= 11 is 0. The van der Waals surface area contributed by atoms with Crippen molar-refractivity contribution < 1.29 is 0 Å². The molecule has 6 heteroatoms. The lowest BCUT2D eigenvalue weighted by atomic mass is 9.92. The van der Waals surface area contributed by atoms with E-state index in [4.69, 9.17) is 19.9 Å². The van der Waals surface area contributed by atoms with Crippen LogP contribution in [0.1, 0.15) is 0 Å². The summed E-state index contributed by atoms with van der Waals surface area (Å²) in [6, 6.07) is 64.7. The van der Waals surface area contributed by atoms with Gasteiger partial charge in [-0.15, -0.1) is 0 Å². The van der Waals surface area contributed by atoms with E-state index in [0.29, 0.717) is 17.5 Å².